The molecular formula is C16H19Cl2N5. The highest BCUT2D eigenvalue weighted by Gasteiger charge is 2.21. The van der Waals surface area contributed by atoms with Gasteiger partial charge in [-0.05, 0) is 42.6 Å². The minimum atomic E-state index is 0.183. The van der Waals surface area contributed by atoms with Crippen molar-refractivity contribution in [2.75, 3.05) is 17.3 Å². The van der Waals surface area contributed by atoms with E-state index in [0.717, 1.165) is 18.5 Å². The highest BCUT2D eigenvalue weighted by molar-refractivity contribution is 6.30. The third-order valence-corrected chi connectivity index (χ3v) is 4.52. The van der Waals surface area contributed by atoms with Crippen molar-refractivity contribution in [3.05, 3.63) is 34.6 Å². The van der Waals surface area contributed by atoms with Gasteiger partial charge in [0.05, 0.1) is 0 Å². The van der Waals surface area contributed by atoms with Crippen molar-refractivity contribution in [1.29, 1.82) is 0 Å². The first-order valence-electron chi connectivity index (χ1n) is 7.79. The molecule has 23 heavy (non-hydrogen) atoms. The quantitative estimate of drug-likeness (QED) is 0.865. The number of nitrogens with zero attached hydrogens (tertiary/aromatic N) is 4. The zero-order chi connectivity index (χ0) is 16.2. The molecule has 0 radical (unpaired) electrons. The van der Waals surface area contributed by atoms with E-state index in [9.17, 15) is 0 Å². The topological polar surface area (TPSA) is 53.9 Å². The largest absolute Gasteiger partial charge is 0.341 e. The molecule has 0 saturated heterocycles. The van der Waals surface area contributed by atoms with Gasteiger partial charge in [0.1, 0.15) is 0 Å². The number of anilines is 3. The molecule has 1 heterocycles. The summed E-state index contributed by atoms with van der Waals surface area (Å²) in [5.74, 6) is 1.02. The number of benzene rings is 1. The van der Waals surface area contributed by atoms with Crippen molar-refractivity contribution in [3.8, 4) is 0 Å². The standard InChI is InChI=1S/C16H19Cl2N5/c1-23(13-8-3-2-4-9-13)16-21-14(18)20-15(22-16)19-12-7-5-6-11(17)10-12/h5-7,10,13H,2-4,8-9H2,1H3,(H,19,20,21,22). The lowest BCUT2D eigenvalue weighted by Gasteiger charge is -2.31. The van der Waals surface area contributed by atoms with Crippen LogP contribution >= 0.6 is 23.2 Å². The lowest BCUT2D eigenvalue weighted by atomic mass is 9.95. The van der Waals surface area contributed by atoms with Gasteiger partial charge in [-0.2, -0.15) is 15.0 Å². The van der Waals surface area contributed by atoms with Crippen LogP contribution in [-0.2, 0) is 0 Å². The van der Waals surface area contributed by atoms with Crippen LogP contribution in [0.4, 0.5) is 17.6 Å². The Labute approximate surface area is 146 Å². The number of hydrogen-bond acceptors (Lipinski definition) is 5. The molecule has 0 unspecified atom stereocenters. The van der Waals surface area contributed by atoms with Gasteiger partial charge < -0.3 is 10.2 Å². The molecule has 122 valence electrons. The molecule has 1 fully saturated rings. The van der Waals surface area contributed by atoms with Gasteiger partial charge in [-0.3, -0.25) is 0 Å². The van der Waals surface area contributed by atoms with Gasteiger partial charge in [0.15, 0.2) is 0 Å². The van der Waals surface area contributed by atoms with Crippen LogP contribution in [0, 0.1) is 0 Å². The van der Waals surface area contributed by atoms with Crippen LogP contribution in [0.15, 0.2) is 24.3 Å². The van der Waals surface area contributed by atoms with Crippen molar-refractivity contribution in [3.63, 3.8) is 0 Å². The second-order valence-electron chi connectivity index (χ2n) is 5.77. The van der Waals surface area contributed by atoms with Crippen molar-refractivity contribution >= 4 is 40.8 Å². The van der Waals surface area contributed by atoms with Crippen LogP contribution in [0.1, 0.15) is 32.1 Å². The molecule has 1 N–H and O–H groups in total. The fourth-order valence-electron chi connectivity index (χ4n) is 2.88. The minimum Gasteiger partial charge on any atom is -0.341 e. The first-order valence-corrected chi connectivity index (χ1v) is 8.54. The molecule has 0 atom stereocenters. The SMILES string of the molecule is CN(c1nc(Cl)nc(Nc2cccc(Cl)c2)n1)C1CCCCC1. The molecule has 5 nitrogen and oxygen atoms in total. The Morgan fingerprint density at radius 3 is 2.61 bits per heavy atom. The smallest absolute Gasteiger partial charge is 0.233 e. The normalized spacial score (nSPS) is 15.4. The zero-order valence-corrected chi connectivity index (χ0v) is 14.5. The average molecular weight is 352 g/mol. The fourth-order valence-corrected chi connectivity index (χ4v) is 3.23. The maximum Gasteiger partial charge on any atom is 0.233 e. The summed E-state index contributed by atoms with van der Waals surface area (Å²) in [6, 6.07) is 7.84. The molecule has 2 aromatic rings. The van der Waals surface area contributed by atoms with E-state index in [1.54, 1.807) is 0 Å². The van der Waals surface area contributed by atoms with Crippen LogP contribution in [0.25, 0.3) is 0 Å². The van der Waals surface area contributed by atoms with E-state index < -0.39 is 0 Å². The molecule has 0 bridgehead atoms. The van der Waals surface area contributed by atoms with Gasteiger partial charge in [-0.25, -0.2) is 0 Å². The van der Waals surface area contributed by atoms with Crippen LogP contribution in [0.2, 0.25) is 10.3 Å². The van der Waals surface area contributed by atoms with E-state index in [4.69, 9.17) is 23.2 Å². The Hall–Kier alpha value is -1.59. The van der Waals surface area contributed by atoms with Crippen LogP contribution in [-0.4, -0.2) is 28.0 Å². The molecule has 1 saturated carbocycles. The molecule has 3 rings (SSSR count). The lowest BCUT2D eigenvalue weighted by Crippen LogP contribution is -2.34. The molecule has 1 aliphatic rings. The zero-order valence-electron chi connectivity index (χ0n) is 13.0. The van der Waals surface area contributed by atoms with Gasteiger partial charge in [0.25, 0.3) is 0 Å². The van der Waals surface area contributed by atoms with Crippen molar-refractivity contribution in [2.24, 2.45) is 0 Å². The summed E-state index contributed by atoms with van der Waals surface area (Å²) in [6.07, 6.45) is 6.14. The summed E-state index contributed by atoms with van der Waals surface area (Å²) in [7, 11) is 2.02. The first kappa shape index (κ1) is 16.3. The van der Waals surface area contributed by atoms with E-state index in [-0.39, 0.29) is 5.28 Å². The van der Waals surface area contributed by atoms with Crippen molar-refractivity contribution in [2.45, 2.75) is 38.1 Å². The molecule has 7 heteroatoms. The third-order valence-electron chi connectivity index (χ3n) is 4.11. The Morgan fingerprint density at radius 2 is 1.87 bits per heavy atom. The van der Waals surface area contributed by atoms with E-state index in [0.29, 0.717) is 23.0 Å². The van der Waals surface area contributed by atoms with E-state index in [2.05, 4.69) is 25.2 Å². The van der Waals surface area contributed by atoms with E-state index in [1.165, 1.54) is 19.3 Å². The predicted molar refractivity (Wildman–Crippen MR) is 94.8 cm³/mol. The Morgan fingerprint density at radius 1 is 1.09 bits per heavy atom. The monoisotopic (exact) mass is 351 g/mol. The van der Waals surface area contributed by atoms with E-state index in [1.807, 2.05) is 31.3 Å². The molecule has 0 aliphatic heterocycles. The van der Waals surface area contributed by atoms with Gasteiger partial charge in [0.2, 0.25) is 17.2 Å². The first-order chi connectivity index (χ1) is 11.1. The summed E-state index contributed by atoms with van der Waals surface area (Å²) in [6.45, 7) is 0. The number of aromatic nitrogens is 3. The Balaban J connectivity index is 1.80. The highest BCUT2D eigenvalue weighted by Crippen LogP contribution is 2.26. The summed E-state index contributed by atoms with van der Waals surface area (Å²) in [5, 5.41) is 3.96. The summed E-state index contributed by atoms with van der Waals surface area (Å²) >= 11 is 12.1. The maximum absolute atomic E-state index is 6.08. The van der Waals surface area contributed by atoms with Gasteiger partial charge in [0, 0.05) is 23.8 Å². The molecule has 1 aromatic carbocycles. The third kappa shape index (κ3) is 4.24. The second-order valence-corrected chi connectivity index (χ2v) is 6.54. The molecule has 0 amide bonds. The summed E-state index contributed by atoms with van der Waals surface area (Å²) in [4.78, 5) is 15.0. The van der Waals surface area contributed by atoms with Gasteiger partial charge >= 0.3 is 0 Å². The van der Waals surface area contributed by atoms with Crippen LogP contribution in [0.5, 0.6) is 0 Å². The number of nitrogens with one attached hydrogen (secondary N) is 1. The number of hydrogen-bond donors (Lipinski definition) is 1. The van der Waals surface area contributed by atoms with Crippen molar-refractivity contribution < 1.29 is 0 Å². The second kappa shape index (κ2) is 7.32. The minimum absolute atomic E-state index is 0.183. The lowest BCUT2D eigenvalue weighted by molar-refractivity contribution is 0.424. The molecular weight excluding hydrogens is 333 g/mol. The van der Waals surface area contributed by atoms with Crippen LogP contribution in [0.3, 0.4) is 0 Å². The fraction of sp³-hybridized carbons (Fsp3) is 0.438. The van der Waals surface area contributed by atoms with E-state index >= 15 is 0 Å². The number of halogens is 2. The maximum atomic E-state index is 6.08. The van der Waals surface area contributed by atoms with Gasteiger partial charge in [-0.15, -0.1) is 0 Å². The summed E-state index contributed by atoms with van der Waals surface area (Å²) < 4.78 is 0. The predicted octanol–water partition coefficient (Wildman–Crippen LogP) is 4.69. The highest BCUT2D eigenvalue weighted by atomic mass is 35.5. The molecule has 0 spiro atoms. The molecule has 1 aliphatic carbocycles. The Kier molecular flexibility index (Phi) is 5.18. The Bertz CT molecular complexity index is 673. The molecule has 1 aromatic heterocycles. The van der Waals surface area contributed by atoms with Gasteiger partial charge in [-0.1, -0.05) is 36.9 Å². The summed E-state index contributed by atoms with van der Waals surface area (Å²) in [5.41, 5.74) is 0.811. The van der Waals surface area contributed by atoms with Crippen LogP contribution < -0.4 is 10.2 Å². The average Bonchev–Trinajstić information content (AvgIpc) is 2.54. The number of rotatable bonds is 4. The van der Waals surface area contributed by atoms with Crippen molar-refractivity contribution in [1.82, 2.24) is 15.0 Å².